The van der Waals surface area contributed by atoms with Gasteiger partial charge in [-0.2, -0.15) is 5.06 Å². The second kappa shape index (κ2) is 10.5. The van der Waals surface area contributed by atoms with Gasteiger partial charge in [0.05, 0.1) is 6.04 Å². The lowest BCUT2D eigenvalue weighted by atomic mass is 9.79. The molecule has 0 aliphatic carbocycles. The molecule has 0 unspecified atom stereocenters. The number of anilines is 1. The summed E-state index contributed by atoms with van der Waals surface area (Å²) in [6, 6.07) is 7.36. The summed E-state index contributed by atoms with van der Waals surface area (Å²) in [4.78, 5) is 14.8. The summed E-state index contributed by atoms with van der Waals surface area (Å²) in [6.45, 7) is 9.38. The minimum absolute atomic E-state index is 0.0287. The van der Waals surface area contributed by atoms with Crippen LogP contribution in [0.5, 0.6) is 0 Å². The van der Waals surface area contributed by atoms with Crippen LogP contribution in [0.25, 0.3) is 0 Å². The van der Waals surface area contributed by atoms with Crippen LogP contribution in [0, 0.1) is 0 Å². The highest BCUT2D eigenvalue weighted by molar-refractivity contribution is 6.18. The van der Waals surface area contributed by atoms with E-state index in [0.29, 0.717) is 31.0 Å². The summed E-state index contributed by atoms with van der Waals surface area (Å²) in [5.74, 6) is 0.909. The fourth-order valence-corrected chi connectivity index (χ4v) is 4.85. The van der Waals surface area contributed by atoms with Crippen LogP contribution in [0.15, 0.2) is 24.3 Å². The Kier molecular flexibility index (Phi) is 8.83. The molecule has 1 amide bonds. The molecule has 0 radical (unpaired) electrons. The lowest BCUT2D eigenvalue weighted by Gasteiger charge is -2.51. The quantitative estimate of drug-likeness (QED) is 0.494. The van der Waals surface area contributed by atoms with Crippen molar-refractivity contribution in [3.63, 3.8) is 0 Å². The molecule has 1 aliphatic rings. The van der Waals surface area contributed by atoms with E-state index >= 15 is 0 Å². The first-order valence-electron chi connectivity index (χ1n) is 10.5. The third kappa shape index (κ3) is 6.47. The number of halogens is 2. The molecule has 1 aromatic rings. The van der Waals surface area contributed by atoms with E-state index in [4.69, 9.17) is 28.9 Å². The Hall–Kier alpha value is -1.05. The van der Waals surface area contributed by atoms with Gasteiger partial charge in [0.2, 0.25) is 5.91 Å². The van der Waals surface area contributed by atoms with Crippen LogP contribution < -0.4 is 16.0 Å². The van der Waals surface area contributed by atoms with Gasteiger partial charge in [-0.3, -0.25) is 4.79 Å². The van der Waals surface area contributed by atoms with Gasteiger partial charge in [0.1, 0.15) is 0 Å². The minimum atomic E-state index is -0.629. The van der Waals surface area contributed by atoms with Crippen molar-refractivity contribution in [2.24, 2.45) is 5.73 Å². The van der Waals surface area contributed by atoms with Crippen molar-refractivity contribution in [2.45, 2.75) is 70.1 Å². The van der Waals surface area contributed by atoms with Gasteiger partial charge in [0.15, 0.2) is 0 Å². The molecule has 6 nitrogen and oxygen atoms in total. The van der Waals surface area contributed by atoms with E-state index in [1.165, 1.54) is 5.06 Å². The zero-order valence-electron chi connectivity index (χ0n) is 18.5. The Labute approximate surface area is 190 Å². The Morgan fingerprint density at radius 1 is 1.17 bits per heavy atom. The van der Waals surface area contributed by atoms with E-state index in [2.05, 4.69) is 10.2 Å². The highest BCUT2D eigenvalue weighted by Crippen LogP contribution is 2.36. The molecule has 1 atom stereocenters. The van der Waals surface area contributed by atoms with Crippen molar-refractivity contribution in [2.75, 3.05) is 29.7 Å². The van der Waals surface area contributed by atoms with Crippen molar-refractivity contribution in [1.29, 1.82) is 0 Å². The molecule has 8 heteroatoms. The molecule has 1 fully saturated rings. The number of piperidine rings is 1. The van der Waals surface area contributed by atoms with Crippen LogP contribution in [0.1, 0.15) is 46.1 Å². The summed E-state index contributed by atoms with van der Waals surface area (Å²) < 4.78 is 0. The molecule has 0 bridgehead atoms. The van der Waals surface area contributed by atoms with Gasteiger partial charge in [0, 0.05) is 47.7 Å². The maximum absolute atomic E-state index is 12.7. The van der Waals surface area contributed by atoms with Crippen molar-refractivity contribution in [3.8, 4) is 0 Å². The molecule has 0 aromatic heterocycles. The number of carbonyl (C=O) groups excluding carboxylic acids is 1. The number of nitrogens with two attached hydrogens (primary N) is 1. The fourth-order valence-electron chi connectivity index (χ4n) is 4.44. The lowest BCUT2D eigenvalue weighted by molar-refractivity contribution is -0.246. The number of benzene rings is 1. The third-order valence-corrected chi connectivity index (χ3v) is 6.13. The molecule has 0 saturated carbocycles. The maximum Gasteiger partial charge on any atom is 0.237 e. The molecule has 1 aliphatic heterocycles. The molecule has 170 valence electrons. The molecule has 4 N–H and O–H groups in total. The number of nitrogens with one attached hydrogen (secondary N) is 1. The summed E-state index contributed by atoms with van der Waals surface area (Å²) in [7, 11) is 0. The van der Waals surface area contributed by atoms with Gasteiger partial charge < -0.3 is 21.2 Å². The monoisotopic (exact) mass is 458 g/mol. The Morgan fingerprint density at radius 3 is 2.13 bits per heavy atom. The fraction of sp³-hybridized carbons (Fsp3) is 0.682. The summed E-state index contributed by atoms with van der Waals surface area (Å²) in [5.41, 5.74) is 7.42. The topological polar surface area (TPSA) is 81.8 Å². The Bertz CT molecular complexity index is 673. The first kappa shape index (κ1) is 25.2. The van der Waals surface area contributed by atoms with Crippen LogP contribution in [0.3, 0.4) is 0 Å². The number of hydroxylamine groups is 2. The summed E-state index contributed by atoms with van der Waals surface area (Å²) in [5, 5.41) is 14.9. The molecular weight excluding hydrogens is 423 g/mol. The normalized spacial score (nSPS) is 20.0. The number of rotatable bonds is 9. The number of hydrogen-bond donors (Lipinski definition) is 3. The minimum Gasteiger partial charge on any atom is -0.369 e. The van der Waals surface area contributed by atoms with E-state index in [0.717, 1.165) is 24.3 Å². The standard InChI is InChI=1S/C22H36Cl2N4O2/c1-21(2)14-17(15-22(3,4)28(21)30)26-20(29)19(25)13-16-5-7-18(8-6-16)27(11-9-23)12-10-24/h5-8,17,19,30H,9-15,25H2,1-4H3,(H,26,29)/t19-/m0/s1. The van der Waals surface area contributed by atoms with Gasteiger partial charge in [-0.25, -0.2) is 0 Å². The van der Waals surface area contributed by atoms with Crippen LogP contribution in [0.2, 0.25) is 0 Å². The Balaban J connectivity index is 1.96. The smallest absolute Gasteiger partial charge is 0.237 e. The average Bonchev–Trinajstić information content (AvgIpc) is 2.66. The van der Waals surface area contributed by atoms with E-state index in [-0.39, 0.29) is 11.9 Å². The van der Waals surface area contributed by atoms with Crippen molar-refractivity contribution in [3.05, 3.63) is 29.8 Å². The number of amides is 1. The number of alkyl halides is 2. The Morgan fingerprint density at radius 2 is 1.67 bits per heavy atom. The van der Waals surface area contributed by atoms with E-state index < -0.39 is 17.1 Å². The van der Waals surface area contributed by atoms with Crippen LogP contribution in [0.4, 0.5) is 5.69 Å². The number of hydrogen-bond acceptors (Lipinski definition) is 5. The van der Waals surface area contributed by atoms with E-state index in [9.17, 15) is 10.0 Å². The van der Waals surface area contributed by atoms with Gasteiger partial charge >= 0.3 is 0 Å². The molecule has 30 heavy (non-hydrogen) atoms. The summed E-state index contributed by atoms with van der Waals surface area (Å²) in [6.07, 6.45) is 1.79. The number of nitrogens with zero attached hydrogens (tertiary/aromatic N) is 2. The molecule has 0 spiro atoms. The van der Waals surface area contributed by atoms with Crippen molar-refractivity contribution >= 4 is 34.8 Å². The van der Waals surface area contributed by atoms with Crippen LogP contribution in [-0.2, 0) is 11.2 Å². The predicted octanol–water partition coefficient (Wildman–Crippen LogP) is 3.37. The average molecular weight is 459 g/mol. The first-order valence-corrected chi connectivity index (χ1v) is 11.6. The van der Waals surface area contributed by atoms with Gasteiger partial charge in [0.25, 0.3) is 0 Å². The van der Waals surface area contributed by atoms with Gasteiger partial charge in [-0.15, -0.1) is 23.2 Å². The lowest BCUT2D eigenvalue weighted by Crippen LogP contribution is -2.63. The molecule has 1 saturated heterocycles. The molecule has 1 aromatic carbocycles. The highest BCUT2D eigenvalue weighted by atomic mass is 35.5. The zero-order chi connectivity index (χ0) is 22.5. The predicted molar refractivity (Wildman–Crippen MR) is 125 cm³/mol. The van der Waals surface area contributed by atoms with Crippen LogP contribution in [-0.4, -0.2) is 64.2 Å². The van der Waals surface area contributed by atoms with E-state index in [1.807, 2.05) is 52.0 Å². The van der Waals surface area contributed by atoms with Crippen molar-refractivity contribution < 1.29 is 10.0 Å². The second-order valence-corrected chi connectivity index (χ2v) is 10.1. The van der Waals surface area contributed by atoms with Gasteiger partial charge in [-0.05, 0) is 64.7 Å². The SMILES string of the molecule is CC1(C)CC(NC(=O)[C@@H](N)Cc2ccc(N(CCCl)CCCl)cc2)CC(C)(C)N1O. The largest absolute Gasteiger partial charge is 0.369 e. The highest BCUT2D eigenvalue weighted by Gasteiger charge is 2.45. The van der Waals surface area contributed by atoms with E-state index in [1.54, 1.807) is 0 Å². The third-order valence-electron chi connectivity index (χ3n) is 5.79. The molecule has 1 heterocycles. The maximum atomic E-state index is 12.7. The van der Waals surface area contributed by atoms with Crippen molar-refractivity contribution in [1.82, 2.24) is 10.4 Å². The van der Waals surface area contributed by atoms with Crippen LogP contribution >= 0.6 is 23.2 Å². The summed E-state index contributed by atoms with van der Waals surface area (Å²) >= 11 is 11.8. The van der Waals surface area contributed by atoms with Gasteiger partial charge in [-0.1, -0.05) is 12.1 Å². The number of carbonyl (C=O) groups is 1. The molecule has 2 rings (SSSR count). The second-order valence-electron chi connectivity index (χ2n) is 9.39. The molecular formula is C22H36Cl2N4O2. The first-order chi connectivity index (χ1) is 14.0. The zero-order valence-corrected chi connectivity index (χ0v) is 20.0.